The SMILES string of the molecule is CC(C)CCSc1ccccc1/C=C/C(=O)N1CCC(C(N)=O)CC1. The predicted octanol–water partition coefficient (Wildman–Crippen LogP) is 3.56. The number of likely N-dealkylation sites (tertiary alicyclic amines) is 1. The number of primary amides is 1. The van der Waals surface area contributed by atoms with Crippen molar-refractivity contribution in [2.45, 2.75) is 38.0 Å². The van der Waals surface area contributed by atoms with Crippen LogP contribution in [0.5, 0.6) is 0 Å². The minimum Gasteiger partial charge on any atom is -0.369 e. The van der Waals surface area contributed by atoms with Crippen LogP contribution in [-0.2, 0) is 9.59 Å². The van der Waals surface area contributed by atoms with Gasteiger partial charge < -0.3 is 10.6 Å². The first kappa shape index (κ1) is 19.6. The van der Waals surface area contributed by atoms with Crippen molar-refractivity contribution in [3.8, 4) is 0 Å². The number of amides is 2. The highest BCUT2D eigenvalue weighted by Crippen LogP contribution is 2.25. The molecule has 1 aliphatic heterocycles. The van der Waals surface area contributed by atoms with Gasteiger partial charge in [-0.15, -0.1) is 11.8 Å². The van der Waals surface area contributed by atoms with E-state index in [9.17, 15) is 9.59 Å². The van der Waals surface area contributed by atoms with Crippen LogP contribution in [0.25, 0.3) is 6.08 Å². The summed E-state index contributed by atoms with van der Waals surface area (Å²) in [7, 11) is 0. The number of hydrogen-bond donors (Lipinski definition) is 1. The summed E-state index contributed by atoms with van der Waals surface area (Å²) in [6.07, 6.45) is 6.05. The molecule has 0 spiro atoms. The van der Waals surface area contributed by atoms with Gasteiger partial charge in [-0.1, -0.05) is 32.0 Å². The highest BCUT2D eigenvalue weighted by molar-refractivity contribution is 7.99. The Morgan fingerprint density at radius 3 is 2.60 bits per heavy atom. The highest BCUT2D eigenvalue weighted by atomic mass is 32.2. The summed E-state index contributed by atoms with van der Waals surface area (Å²) in [5.41, 5.74) is 6.42. The lowest BCUT2D eigenvalue weighted by molar-refractivity contribution is -0.130. The van der Waals surface area contributed by atoms with E-state index in [0.717, 1.165) is 11.3 Å². The molecule has 0 radical (unpaired) electrons. The molecule has 136 valence electrons. The van der Waals surface area contributed by atoms with E-state index in [1.54, 1.807) is 11.0 Å². The second kappa shape index (κ2) is 9.66. The Labute approximate surface area is 154 Å². The fourth-order valence-corrected chi connectivity index (χ4v) is 4.09. The molecule has 0 unspecified atom stereocenters. The van der Waals surface area contributed by atoms with Gasteiger partial charge in [-0.05, 0) is 48.6 Å². The summed E-state index contributed by atoms with van der Waals surface area (Å²) in [6.45, 7) is 5.65. The quantitative estimate of drug-likeness (QED) is 0.597. The van der Waals surface area contributed by atoms with E-state index in [-0.39, 0.29) is 17.7 Å². The van der Waals surface area contributed by atoms with Gasteiger partial charge in [0.25, 0.3) is 0 Å². The van der Waals surface area contributed by atoms with Crippen molar-refractivity contribution in [2.75, 3.05) is 18.8 Å². The first-order chi connectivity index (χ1) is 12.0. The molecule has 2 amide bonds. The molecule has 4 nitrogen and oxygen atoms in total. The van der Waals surface area contributed by atoms with Gasteiger partial charge in [-0.2, -0.15) is 0 Å². The number of rotatable bonds is 7. The van der Waals surface area contributed by atoms with E-state index in [2.05, 4.69) is 19.9 Å². The molecule has 1 fully saturated rings. The minimum absolute atomic E-state index is 0.00454. The van der Waals surface area contributed by atoms with E-state index in [1.165, 1.54) is 11.3 Å². The van der Waals surface area contributed by atoms with Gasteiger partial charge in [0.2, 0.25) is 11.8 Å². The Morgan fingerprint density at radius 2 is 1.96 bits per heavy atom. The zero-order valence-electron chi connectivity index (χ0n) is 15.1. The maximum absolute atomic E-state index is 12.4. The summed E-state index contributed by atoms with van der Waals surface area (Å²) in [4.78, 5) is 26.6. The predicted molar refractivity (Wildman–Crippen MR) is 104 cm³/mol. The van der Waals surface area contributed by atoms with Crippen molar-refractivity contribution < 1.29 is 9.59 Å². The number of carbonyl (C=O) groups excluding carboxylic acids is 2. The number of carbonyl (C=O) groups is 2. The second-order valence-corrected chi connectivity index (χ2v) is 8.04. The number of nitrogens with two attached hydrogens (primary N) is 1. The van der Waals surface area contributed by atoms with Gasteiger partial charge in [-0.3, -0.25) is 9.59 Å². The Kier molecular flexibility index (Phi) is 7.56. The van der Waals surface area contributed by atoms with Crippen molar-refractivity contribution >= 4 is 29.7 Å². The molecule has 0 aromatic heterocycles. The smallest absolute Gasteiger partial charge is 0.246 e. The van der Waals surface area contributed by atoms with Crippen molar-refractivity contribution in [3.05, 3.63) is 35.9 Å². The molecule has 0 aliphatic carbocycles. The Bertz CT molecular complexity index is 620. The number of nitrogens with zero attached hydrogens (tertiary/aromatic N) is 1. The van der Waals surface area contributed by atoms with Crippen LogP contribution in [0.3, 0.4) is 0 Å². The molecule has 0 saturated carbocycles. The first-order valence-corrected chi connectivity index (χ1v) is 9.94. The lowest BCUT2D eigenvalue weighted by Crippen LogP contribution is -2.41. The summed E-state index contributed by atoms with van der Waals surface area (Å²) in [6, 6.07) is 8.18. The normalized spacial score (nSPS) is 15.9. The monoisotopic (exact) mass is 360 g/mol. The molecule has 0 bridgehead atoms. The van der Waals surface area contributed by atoms with Gasteiger partial charge in [0.1, 0.15) is 0 Å². The number of piperidine rings is 1. The van der Waals surface area contributed by atoms with Crippen LogP contribution < -0.4 is 5.73 Å². The van der Waals surface area contributed by atoms with E-state index in [1.807, 2.05) is 36.0 Å². The Hall–Kier alpha value is -1.75. The van der Waals surface area contributed by atoms with Crippen molar-refractivity contribution in [1.82, 2.24) is 4.90 Å². The van der Waals surface area contributed by atoms with E-state index < -0.39 is 0 Å². The summed E-state index contributed by atoms with van der Waals surface area (Å²) in [5.74, 6) is 1.43. The van der Waals surface area contributed by atoms with Gasteiger partial charge in [0.05, 0.1) is 0 Å². The van der Waals surface area contributed by atoms with Crippen LogP contribution in [0, 0.1) is 11.8 Å². The van der Waals surface area contributed by atoms with Crippen LogP contribution in [0.1, 0.15) is 38.7 Å². The third-order valence-electron chi connectivity index (χ3n) is 4.49. The minimum atomic E-state index is -0.255. The molecule has 1 aromatic carbocycles. The van der Waals surface area contributed by atoms with Gasteiger partial charge >= 0.3 is 0 Å². The lowest BCUT2D eigenvalue weighted by atomic mass is 9.96. The van der Waals surface area contributed by atoms with Gasteiger partial charge in [-0.25, -0.2) is 0 Å². The van der Waals surface area contributed by atoms with Crippen LogP contribution in [-0.4, -0.2) is 35.6 Å². The third-order valence-corrected chi connectivity index (χ3v) is 5.61. The molecule has 1 aliphatic rings. The largest absolute Gasteiger partial charge is 0.369 e. The third kappa shape index (κ3) is 6.24. The average Bonchev–Trinajstić information content (AvgIpc) is 2.60. The van der Waals surface area contributed by atoms with Crippen LogP contribution in [0.15, 0.2) is 35.2 Å². The summed E-state index contributed by atoms with van der Waals surface area (Å²) >= 11 is 1.84. The molecule has 1 aromatic rings. The van der Waals surface area contributed by atoms with Crippen LogP contribution in [0.2, 0.25) is 0 Å². The number of benzene rings is 1. The summed E-state index contributed by atoms with van der Waals surface area (Å²) < 4.78 is 0. The van der Waals surface area contributed by atoms with E-state index >= 15 is 0 Å². The van der Waals surface area contributed by atoms with Crippen LogP contribution >= 0.6 is 11.8 Å². The lowest BCUT2D eigenvalue weighted by Gasteiger charge is -2.29. The zero-order chi connectivity index (χ0) is 18.2. The van der Waals surface area contributed by atoms with Crippen molar-refractivity contribution in [1.29, 1.82) is 0 Å². The molecule has 0 atom stereocenters. The Morgan fingerprint density at radius 1 is 1.28 bits per heavy atom. The molecule has 2 rings (SSSR count). The van der Waals surface area contributed by atoms with Crippen LogP contribution in [0.4, 0.5) is 0 Å². The molecule has 2 N–H and O–H groups in total. The molecular weight excluding hydrogens is 332 g/mol. The average molecular weight is 361 g/mol. The fraction of sp³-hybridized carbons (Fsp3) is 0.500. The summed E-state index contributed by atoms with van der Waals surface area (Å²) in [5, 5.41) is 0. The maximum Gasteiger partial charge on any atom is 0.246 e. The van der Waals surface area contributed by atoms with E-state index in [4.69, 9.17) is 5.73 Å². The number of thioether (sulfide) groups is 1. The van der Waals surface area contributed by atoms with Crippen molar-refractivity contribution in [2.24, 2.45) is 17.6 Å². The molecule has 1 saturated heterocycles. The van der Waals surface area contributed by atoms with E-state index in [0.29, 0.717) is 31.8 Å². The topological polar surface area (TPSA) is 63.4 Å². The Balaban J connectivity index is 1.92. The highest BCUT2D eigenvalue weighted by Gasteiger charge is 2.24. The fourth-order valence-electron chi connectivity index (χ4n) is 2.81. The zero-order valence-corrected chi connectivity index (χ0v) is 15.9. The second-order valence-electron chi connectivity index (χ2n) is 6.90. The standard InChI is InChI=1S/C20H28N2O2S/c1-15(2)11-14-25-18-6-4-3-5-16(18)7-8-19(23)22-12-9-17(10-13-22)20(21)24/h3-8,15,17H,9-14H2,1-2H3,(H2,21,24)/b8-7+. The van der Waals surface area contributed by atoms with Crippen molar-refractivity contribution in [3.63, 3.8) is 0 Å². The first-order valence-electron chi connectivity index (χ1n) is 8.95. The molecule has 25 heavy (non-hydrogen) atoms. The molecule has 5 heteroatoms. The molecule has 1 heterocycles. The maximum atomic E-state index is 12.4. The number of hydrogen-bond acceptors (Lipinski definition) is 3. The van der Waals surface area contributed by atoms with Gasteiger partial charge in [0, 0.05) is 30.0 Å². The molecular formula is C20H28N2O2S. The van der Waals surface area contributed by atoms with Gasteiger partial charge in [0.15, 0.2) is 0 Å².